The van der Waals surface area contributed by atoms with Crippen LogP contribution in [0.5, 0.6) is 0 Å². The lowest BCUT2D eigenvalue weighted by atomic mass is 9.77. The van der Waals surface area contributed by atoms with Crippen molar-refractivity contribution in [1.29, 1.82) is 0 Å². The molecule has 2 rings (SSSR count). The van der Waals surface area contributed by atoms with Crippen molar-refractivity contribution in [3.63, 3.8) is 0 Å². The molecule has 3 heteroatoms. The summed E-state index contributed by atoms with van der Waals surface area (Å²) in [6.45, 7) is 13.3. The third kappa shape index (κ3) is 3.45. The van der Waals surface area contributed by atoms with E-state index in [2.05, 4.69) is 58.6 Å². The Morgan fingerprint density at radius 3 is 2.54 bits per heavy atom. The topological polar surface area (TPSA) is 29.5 Å². The fourth-order valence-corrected chi connectivity index (χ4v) is 4.19. The molecule has 1 aliphatic heterocycles. The zero-order chi connectivity index (χ0) is 18.1. The normalized spacial score (nSPS) is 20.5. The second kappa shape index (κ2) is 7.16. The fourth-order valence-electron chi connectivity index (χ4n) is 4.19. The molecule has 1 aliphatic rings. The van der Waals surface area contributed by atoms with Crippen LogP contribution < -0.4 is 4.90 Å². The number of rotatable bonds is 5. The van der Waals surface area contributed by atoms with Gasteiger partial charge in [0.25, 0.3) is 0 Å². The third-order valence-electron chi connectivity index (χ3n) is 5.51. The van der Waals surface area contributed by atoms with E-state index in [1.54, 1.807) is 0 Å². The number of benzene rings is 1. The zero-order valence-electron chi connectivity index (χ0n) is 16.4. The highest BCUT2D eigenvalue weighted by molar-refractivity contribution is 5.82. The molecule has 0 spiro atoms. The van der Waals surface area contributed by atoms with Crippen molar-refractivity contribution in [3.8, 4) is 0 Å². The van der Waals surface area contributed by atoms with Gasteiger partial charge in [0, 0.05) is 11.2 Å². The number of nitrogens with zero attached hydrogens (tertiary/aromatic N) is 1. The quantitative estimate of drug-likeness (QED) is 0.701. The summed E-state index contributed by atoms with van der Waals surface area (Å²) in [6, 6.07) is 4.37. The number of carbonyl (C=O) groups excluding carboxylic acids is 1. The number of hydrogen-bond donors (Lipinski definition) is 0. The van der Waals surface area contributed by atoms with Gasteiger partial charge in [-0.15, -0.1) is 0 Å². The molecule has 1 heterocycles. The summed E-state index contributed by atoms with van der Waals surface area (Å²) >= 11 is 0. The van der Waals surface area contributed by atoms with E-state index in [1.807, 2.05) is 0 Å². The van der Waals surface area contributed by atoms with E-state index in [1.165, 1.54) is 29.5 Å². The van der Waals surface area contributed by atoms with Crippen molar-refractivity contribution >= 4 is 11.7 Å². The molecule has 0 aliphatic carbocycles. The average Bonchev–Trinajstić information content (AvgIpc) is 2.51. The van der Waals surface area contributed by atoms with Gasteiger partial charge in [-0.2, -0.15) is 0 Å². The molecule has 0 N–H and O–H groups in total. The maximum atomic E-state index is 12.6. The Morgan fingerprint density at radius 2 is 1.96 bits per heavy atom. The molecule has 0 bridgehead atoms. The van der Waals surface area contributed by atoms with Crippen LogP contribution in [0.25, 0.3) is 0 Å². The number of ether oxygens (including phenoxy) is 1. The molecular weight excluding hydrogens is 298 g/mol. The summed E-state index contributed by atoms with van der Waals surface area (Å²) in [6.07, 6.45) is 4.00. The monoisotopic (exact) mass is 331 g/mol. The minimum absolute atomic E-state index is 0.0687. The summed E-state index contributed by atoms with van der Waals surface area (Å²) in [5, 5.41) is 0. The minimum Gasteiger partial charge on any atom is -0.467 e. The van der Waals surface area contributed by atoms with Gasteiger partial charge in [-0.25, -0.2) is 4.79 Å². The van der Waals surface area contributed by atoms with Crippen LogP contribution in [0.1, 0.15) is 76.0 Å². The molecule has 0 aromatic heterocycles. The van der Waals surface area contributed by atoms with E-state index < -0.39 is 0 Å². The molecule has 0 saturated heterocycles. The Hall–Kier alpha value is -1.51. The summed E-state index contributed by atoms with van der Waals surface area (Å²) in [4.78, 5) is 14.9. The molecule has 1 aromatic rings. The van der Waals surface area contributed by atoms with Gasteiger partial charge < -0.3 is 9.64 Å². The van der Waals surface area contributed by atoms with Crippen LogP contribution in [0.4, 0.5) is 5.69 Å². The first-order chi connectivity index (χ1) is 11.2. The highest BCUT2D eigenvalue weighted by Crippen LogP contribution is 2.46. The number of carbonyl (C=O) groups is 1. The molecule has 3 nitrogen and oxygen atoms in total. The third-order valence-corrected chi connectivity index (χ3v) is 5.51. The summed E-state index contributed by atoms with van der Waals surface area (Å²) in [5.41, 5.74) is 5.11. The van der Waals surface area contributed by atoms with Gasteiger partial charge in [0.1, 0.15) is 6.04 Å². The van der Waals surface area contributed by atoms with Crippen molar-refractivity contribution in [1.82, 2.24) is 0 Å². The summed E-state index contributed by atoms with van der Waals surface area (Å²) in [7, 11) is 1.50. The van der Waals surface area contributed by atoms with Crippen LogP contribution in [-0.4, -0.2) is 24.7 Å². The highest BCUT2D eigenvalue weighted by Gasteiger charge is 2.42. The molecule has 0 radical (unpaired) electrons. The Morgan fingerprint density at radius 1 is 1.33 bits per heavy atom. The summed E-state index contributed by atoms with van der Waals surface area (Å²) in [5.74, 6) is 0.380. The molecule has 0 saturated carbocycles. The first kappa shape index (κ1) is 18.8. The van der Waals surface area contributed by atoms with Gasteiger partial charge in [0.05, 0.1) is 7.11 Å². The molecule has 0 amide bonds. The Labute approximate surface area is 147 Å². The van der Waals surface area contributed by atoms with Crippen LogP contribution in [0.2, 0.25) is 0 Å². The Kier molecular flexibility index (Phi) is 5.62. The lowest BCUT2D eigenvalue weighted by Crippen LogP contribution is -2.56. The zero-order valence-corrected chi connectivity index (χ0v) is 16.4. The molecular formula is C21H33NO2. The van der Waals surface area contributed by atoms with Crippen molar-refractivity contribution in [2.24, 2.45) is 0 Å². The number of esters is 1. The van der Waals surface area contributed by atoms with Gasteiger partial charge in [0.15, 0.2) is 0 Å². The van der Waals surface area contributed by atoms with Crippen LogP contribution >= 0.6 is 0 Å². The Bertz CT molecular complexity index is 606. The maximum Gasteiger partial charge on any atom is 0.328 e. The van der Waals surface area contributed by atoms with E-state index in [0.29, 0.717) is 5.92 Å². The maximum absolute atomic E-state index is 12.6. The largest absolute Gasteiger partial charge is 0.467 e. The molecule has 1 aromatic carbocycles. The van der Waals surface area contributed by atoms with Crippen LogP contribution in [0, 0.1) is 13.8 Å². The molecule has 24 heavy (non-hydrogen) atoms. The number of fused-ring (bicyclic) bond motifs is 1. The highest BCUT2D eigenvalue weighted by atomic mass is 16.5. The van der Waals surface area contributed by atoms with Crippen LogP contribution in [-0.2, 0) is 9.53 Å². The summed E-state index contributed by atoms with van der Waals surface area (Å²) < 4.78 is 5.17. The van der Waals surface area contributed by atoms with Gasteiger partial charge in [-0.3, -0.25) is 0 Å². The minimum atomic E-state index is -0.210. The van der Waals surface area contributed by atoms with Gasteiger partial charge in [-0.1, -0.05) is 32.8 Å². The van der Waals surface area contributed by atoms with E-state index in [-0.39, 0.29) is 17.6 Å². The van der Waals surface area contributed by atoms with Crippen LogP contribution in [0.15, 0.2) is 12.1 Å². The van der Waals surface area contributed by atoms with Gasteiger partial charge >= 0.3 is 5.97 Å². The van der Waals surface area contributed by atoms with Gasteiger partial charge in [-0.05, 0) is 69.2 Å². The predicted molar refractivity (Wildman–Crippen MR) is 101 cm³/mol. The number of anilines is 1. The van der Waals surface area contributed by atoms with E-state index in [4.69, 9.17) is 4.74 Å². The average molecular weight is 332 g/mol. The van der Waals surface area contributed by atoms with Gasteiger partial charge in [0.2, 0.25) is 0 Å². The second-order valence-corrected chi connectivity index (χ2v) is 7.96. The van der Waals surface area contributed by atoms with Crippen molar-refractivity contribution in [2.45, 2.75) is 84.7 Å². The SMILES string of the molecule is CCCC[C@H](C(=O)OC)N1c2cc(C)c(C)cc2[C@@H](C)CC1(C)C. The van der Waals surface area contributed by atoms with Crippen LogP contribution in [0.3, 0.4) is 0 Å². The predicted octanol–water partition coefficient (Wildman–Crippen LogP) is 5.13. The smallest absolute Gasteiger partial charge is 0.328 e. The lowest BCUT2D eigenvalue weighted by molar-refractivity contribution is -0.142. The number of methoxy groups -OCH3 is 1. The first-order valence-electron chi connectivity index (χ1n) is 9.21. The molecule has 0 fully saturated rings. The lowest BCUT2D eigenvalue weighted by Gasteiger charge is -2.50. The molecule has 0 unspecified atom stereocenters. The number of hydrogen-bond acceptors (Lipinski definition) is 3. The number of unbranched alkanes of at least 4 members (excludes halogenated alkanes) is 1. The number of aryl methyl sites for hydroxylation is 2. The fraction of sp³-hybridized carbons (Fsp3) is 0.667. The van der Waals surface area contributed by atoms with Crippen molar-refractivity contribution < 1.29 is 9.53 Å². The Balaban J connectivity index is 2.58. The first-order valence-corrected chi connectivity index (χ1v) is 9.21. The van der Waals surface area contributed by atoms with Crippen molar-refractivity contribution in [3.05, 3.63) is 28.8 Å². The standard InChI is InChI=1S/C21H33NO2/c1-8-9-10-18(20(23)24-7)22-19-12-15(3)14(2)11-17(19)16(4)13-21(22,5)6/h11-12,16,18H,8-10,13H2,1-7H3/t16-,18+/m0/s1. The molecule has 134 valence electrons. The molecule has 2 atom stereocenters. The second-order valence-electron chi connectivity index (χ2n) is 7.96. The van der Waals surface area contributed by atoms with Crippen molar-refractivity contribution in [2.75, 3.05) is 12.0 Å². The van der Waals surface area contributed by atoms with E-state index in [9.17, 15) is 4.79 Å². The van der Waals surface area contributed by atoms with E-state index in [0.717, 1.165) is 25.7 Å². The van der Waals surface area contributed by atoms with E-state index >= 15 is 0 Å².